The molecule has 2 aliphatic rings. The Balaban J connectivity index is 1.58. The smallest absolute Gasteiger partial charge is 0.410 e. The van der Waals surface area contributed by atoms with Crippen molar-refractivity contribution in [3.63, 3.8) is 0 Å². The number of rotatable bonds is 3. The Kier molecular flexibility index (Phi) is 5.48. The molecule has 3 rings (SSSR count). The van der Waals surface area contributed by atoms with E-state index < -0.39 is 11.7 Å². The molecule has 0 aliphatic carbocycles. The molecule has 0 radical (unpaired) electrons. The number of likely N-dealkylation sites (tertiary alicyclic amines) is 1. The van der Waals surface area contributed by atoms with Crippen LogP contribution in [-0.2, 0) is 9.53 Å². The van der Waals surface area contributed by atoms with Gasteiger partial charge in [0, 0.05) is 20.1 Å². The van der Waals surface area contributed by atoms with Gasteiger partial charge in [0.15, 0.2) is 11.5 Å². The lowest BCUT2D eigenvalue weighted by atomic mass is 10.2. The fourth-order valence-electron chi connectivity index (χ4n) is 3.38. The molecule has 7 heteroatoms. The Morgan fingerprint density at radius 3 is 2.67 bits per heavy atom. The van der Waals surface area contributed by atoms with Crippen LogP contribution in [0.5, 0.6) is 11.5 Å². The molecule has 1 aromatic carbocycles. The minimum atomic E-state index is -0.679. The average molecular weight is 376 g/mol. The van der Waals surface area contributed by atoms with E-state index in [0.29, 0.717) is 24.6 Å². The molecule has 1 fully saturated rings. The first-order chi connectivity index (χ1) is 12.7. The van der Waals surface area contributed by atoms with E-state index in [9.17, 15) is 9.59 Å². The van der Waals surface area contributed by atoms with Gasteiger partial charge in [-0.2, -0.15) is 0 Å². The van der Waals surface area contributed by atoms with E-state index in [1.54, 1.807) is 22.9 Å². The standard InChI is InChI=1S/C20H28N2O5/c1-20(2,3)27-19(24)22-11-7-8-14(22)12-21(4)18(23)17-13-25-15-9-5-6-10-16(15)26-17/h5-6,9-10,14,17H,7-8,11-13H2,1-4H3. The monoisotopic (exact) mass is 376 g/mol. The number of fused-ring (bicyclic) bond motifs is 1. The predicted molar refractivity (Wildman–Crippen MR) is 100.0 cm³/mol. The third-order valence-electron chi connectivity index (χ3n) is 4.65. The highest BCUT2D eigenvalue weighted by molar-refractivity contribution is 5.81. The second-order valence-electron chi connectivity index (χ2n) is 8.05. The molecule has 1 aromatic rings. The fourth-order valence-corrected chi connectivity index (χ4v) is 3.38. The summed E-state index contributed by atoms with van der Waals surface area (Å²) in [6.45, 7) is 6.83. The van der Waals surface area contributed by atoms with E-state index >= 15 is 0 Å². The summed E-state index contributed by atoms with van der Waals surface area (Å²) >= 11 is 0. The number of carbonyl (C=O) groups is 2. The van der Waals surface area contributed by atoms with E-state index in [1.807, 2.05) is 39.0 Å². The highest BCUT2D eigenvalue weighted by Crippen LogP contribution is 2.31. The first-order valence-electron chi connectivity index (χ1n) is 9.37. The minimum Gasteiger partial charge on any atom is -0.485 e. The van der Waals surface area contributed by atoms with Crippen LogP contribution in [0.4, 0.5) is 4.79 Å². The second-order valence-corrected chi connectivity index (χ2v) is 8.05. The third-order valence-corrected chi connectivity index (χ3v) is 4.65. The topological polar surface area (TPSA) is 68.3 Å². The van der Waals surface area contributed by atoms with Crippen molar-refractivity contribution >= 4 is 12.0 Å². The number of para-hydroxylation sites is 2. The maximum Gasteiger partial charge on any atom is 0.410 e. The molecule has 0 aromatic heterocycles. The van der Waals surface area contributed by atoms with Gasteiger partial charge < -0.3 is 24.0 Å². The van der Waals surface area contributed by atoms with Crippen molar-refractivity contribution in [2.75, 3.05) is 26.7 Å². The van der Waals surface area contributed by atoms with Crippen molar-refractivity contribution in [1.82, 2.24) is 9.80 Å². The lowest BCUT2D eigenvalue weighted by Gasteiger charge is -2.33. The van der Waals surface area contributed by atoms with Gasteiger partial charge in [0.25, 0.3) is 5.91 Å². The van der Waals surface area contributed by atoms with Crippen LogP contribution >= 0.6 is 0 Å². The van der Waals surface area contributed by atoms with Gasteiger partial charge in [-0.05, 0) is 45.7 Å². The summed E-state index contributed by atoms with van der Waals surface area (Å²) in [5, 5.41) is 0. The molecule has 2 amide bonds. The molecule has 0 N–H and O–H groups in total. The number of carbonyl (C=O) groups excluding carboxylic acids is 2. The summed E-state index contributed by atoms with van der Waals surface area (Å²) in [6, 6.07) is 7.26. The quantitative estimate of drug-likeness (QED) is 0.811. The van der Waals surface area contributed by atoms with E-state index in [-0.39, 0.29) is 24.6 Å². The van der Waals surface area contributed by atoms with Crippen LogP contribution in [0.1, 0.15) is 33.6 Å². The van der Waals surface area contributed by atoms with Crippen LogP contribution in [0.3, 0.4) is 0 Å². The number of hydrogen-bond acceptors (Lipinski definition) is 5. The van der Waals surface area contributed by atoms with Gasteiger partial charge in [0.1, 0.15) is 12.2 Å². The number of benzene rings is 1. The van der Waals surface area contributed by atoms with E-state index in [4.69, 9.17) is 14.2 Å². The van der Waals surface area contributed by atoms with E-state index in [2.05, 4.69) is 0 Å². The Hall–Kier alpha value is -2.44. The lowest BCUT2D eigenvalue weighted by molar-refractivity contribution is -0.140. The molecule has 2 aliphatic heterocycles. The molecule has 0 saturated carbocycles. The van der Waals surface area contributed by atoms with Crippen molar-refractivity contribution in [2.24, 2.45) is 0 Å². The van der Waals surface area contributed by atoms with E-state index in [1.165, 1.54) is 0 Å². The molecular weight excluding hydrogens is 348 g/mol. The first kappa shape index (κ1) is 19.3. The molecule has 7 nitrogen and oxygen atoms in total. The summed E-state index contributed by atoms with van der Waals surface area (Å²) in [4.78, 5) is 28.5. The van der Waals surface area contributed by atoms with Crippen LogP contribution in [0.25, 0.3) is 0 Å². The van der Waals surface area contributed by atoms with Gasteiger partial charge in [0.2, 0.25) is 6.10 Å². The van der Waals surface area contributed by atoms with Crippen molar-refractivity contribution in [3.8, 4) is 11.5 Å². The Morgan fingerprint density at radius 1 is 1.26 bits per heavy atom. The van der Waals surface area contributed by atoms with Crippen LogP contribution in [0.2, 0.25) is 0 Å². The second kappa shape index (κ2) is 7.66. The zero-order chi connectivity index (χ0) is 19.6. The van der Waals surface area contributed by atoms with Crippen molar-refractivity contribution in [3.05, 3.63) is 24.3 Å². The van der Waals surface area contributed by atoms with Crippen LogP contribution < -0.4 is 9.47 Å². The van der Waals surface area contributed by atoms with Crippen LogP contribution in [0, 0.1) is 0 Å². The maximum absolute atomic E-state index is 12.8. The van der Waals surface area contributed by atoms with Gasteiger partial charge >= 0.3 is 6.09 Å². The predicted octanol–water partition coefficient (Wildman–Crippen LogP) is 2.68. The maximum atomic E-state index is 12.8. The summed E-state index contributed by atoms with van der Waals surface area (Å²) in [5.74, 6) is 1.07. The average Bonchev–Trinajstić information content (AvgIpc) is 3.07. The van der Waals surface area contributed by atoms with Crippen molar-refractivity contribution < 1.29 is 23.8 Å². The molecule has 0 bridgehead atoms. The lowest BCUT2D eigenvalue weighted by Crippen LogP contribution is -2.50. The van der Waals surface area contributed by atoms with Crippen molar-refractivity contribution in [1.29, 1.82) is 0 Å². The highest BCUT2D eigenvalue weighted by Gasteiger charge is 2.36. The SMILES string of the molecule is CN(CC1CCCN1C(=O)OC(C)(C)C)C(=O)C1COc2ccccc2O1. The Morgan fingerprint density at radius 2 is 1.96 bits per heavy atom. The van der Waals surface area contributed by atoms with Crippen molar-refractivity contribution in [2.45, 2.75) is 51.4 Å². The molecule has 2 heterocycles. The summed E-state index contributed by atoms with van der Waals surface area (Å²) in [7, 11) is 1.73. The number of hydrogen-bond donors (Lipinski definition) is 0. The molecule has 148 valence electrons. The molecule has 2 atom stereocenters. The summed E-state index contributed by atoms with van der Waals surface area (Å²) in [6.07, 6.45) is 0.752. The number of amides is 2. The zero-order valence-corrected chi connectivity index (χ0v) is 16.4. The largest absolute Gasteiger partial charge is 0.485 e. The molecule has 27 heavy (non-hydrogen) atoms. The minimum absolute atomic E-state index is 0.0504. The summed E-state index contributed by atoms with van der Waals surface area (Å²) < 4.78 is 16.9. The number of nitrogens with zero attached hydrogens (tertiary/aromatic N) is 2. The van der Waals surface area contributed by atoms with Gasteiger partial charge in [-0.1, -0.05) is 12.1 Å². The van der Waals surface area contributed by atoms with E-state index in [0.717, 1.165) is 12.8 Å². The van der Waals surface area contributed by atoms with Gasteiger partial charge in [-0.3, -0.25) is 4.79 Å². The first-order valence-corrected chi connectivity index (χ1v) is 9.37. The van der Waals surface area contributed by atoms with Crippen LogP contribution in [0.15, 0.2) is 24.3 Å². The Labute approximate surface area is 160 Å². The van der Waals surface area contributed by atoms with Crippen LogP contribution in [-0.4, -0.2) is 66.3 Å². The highest BCUT2D eigenvalue weighted by atomic mass is 16.6. The Bertz CT molecular complexity index is 700. The van der Waals surface area contributed by atoms with Gasteiger partial charge in [-0.15, -0.1) is 0 Å². The zero-order valence-electron chi connectivity index (χ0n) is 16.4. The third kappa shape index (κ3) is 4.64. The molecular formula is C20H28N2O5. The van der Waals surface area contributed by atoms with Gasteiger partial charge in [-0.25, -0.2) is 4.79 Å². The molecule has 2 unspecified atom stereocenters. The number of ether oxygens (including phenoxy) is 3. The normalized spacial score (nSPS) is 21.7. The molecule has 0 spiro atoms. The number of likely N-dealkylation sites (N-methyl/N-ethyl adjacent to an activating group) is 1. The summed E-state index contributed by atoms with van der Waals surface area (Å²) in [5.41, 5.74) is -0.535. The fraction of sp³-hybridized carbons (Fsp3) is 0.600. The van der Waals surface area contributed by atoms with Gasteiger partial charge in [0.05, 0.1) is 6.04 Å². The molecule has 1 saturated heterocycles.